The molecule has 9 heteroatoms. The molecule has 3 aromatic rings. The van der Waals surface area contributed by atoms with Crippen LogP contribution in [0.25, 0.3) is 11.8 Å². The number of methoxy groups -OCH3 is 3. The number of hydrogen-bond acceptors (Lipinski definition) is 7. The summed E-state index contributed by atoms with van der Waals surface area (Å²) in [6.07, 6.45) is 8.85. The highest BCUT2D eigenvalue weighted by molar-refractivity contribution is 6.37. The highest BCUT2D eigenvalue weighted by Gasteiger charge is 2.21. The second-order valence-electron chi connectivity index (χ2n) is 8.37. The molecule has 0 amide bonds. The largest absolute Gasteiger partial charge is 0.493 e. The molecule has 1 fully saturated rings. The maximum absolute atomic E-state index is 13.2. The molecule has 0 N–H and O–H groups in total. The second kappa shape index (κ2) is 12.2. The summed E-state index contributed by atoms with van der Waals surface area (Å²) in [6.45, 7) is 0. The van der Waals surface area contributed by atoms with Gasteiger partial charge in [-0.2, -0.15) is 0 Å². The van der Waals surface area contributed by atoms with Gasteiger partial charge >= 0.3 is 5.97 Å². The molecule has 0 aliphatic heterocycles. The first-order chi connectivity index (χ1) is 17.9. The molecule has 2 aromatic carbocycles. The summed E-state index contributed by atoms with van der Waals surface area (Å²) in [4.78, 5) is 17.2. The third-order valence-electron chi connectivity index (χ3n) is 6.03. The minimum atomic E-state index is -0.609. The van der Waals surface area contributed by atoms with E-state index in [-0.39, 0.29) is 17.4 Å². The Kier molecular flexibility index (Phi) is 8.79. The highest BCUT2D eigenvalue weighted by atomic mass is 35.5. The Morgan fingerprint density at radius 3 is 2.03 bits per heavy atom. The van der Waals surface area contributed by atoms with Crippen molar-refractivity contribution in [1.82, 2.24) is 4.98 Å². The third kappa shape index (κ3) is 6.29. The van der Waals surface area contributed by atoms with Gasteiger partial charge in [0, 0.05) is 23.5 Å². The first kappa shape index (κ1) is 26.6. The molecule has 1 saturated carbocycles. The number of benzene rings is 2. The molecular formula is C28H27Cl2NO6. The number of carbonyl (C=O) groups excluding carboxylic acids is 1. The van der Waals surface area contributed by atoms with Crippen LogP contribution < -0.4 is 18.9 Å². The van der Waals surface area contributed by atoms with E-state index >= 15 is 0 Å². The smallest absolute Gasteiger partial charge is 0.343 e. The van der Waals surface area contributed by atoms with E-state index in [1.54, 1.807) is 49.6 Å². The lowest BCUT2D eigenvalue weighted by molar-refractivity contribution is 0.0693. The van der Waals surface area contributed by atoms with E-state index in [1.165, 1.54) is 26.6 Å². The second-order valence-corrected chi connectivity index (χ2v) is 9.19. The van der Waals surface area contributed by atoms with Crippen molar-refractivity contribution in [1.29, 1.82) is 0 Å². The fourth-order valence-corrected chi connectivity index (χ4v) is 4.57. The van der Waals surface area contributed by atoms with Crippen LogP contribution in [0.5, 0.6) is 23.0 Å². The zero-order chi connectivity index (χ0) is 26.4. The summed E-state index contributed by atoms with van der Waals surface area (Å²) >= 11 is 12.7. The Balaban J connectivity index is 1.75. The van der Waals surface area contributed by atoms with Crippen molar-refractivity contribution in [3.05, 3.63) is 75.5 Å². The van der Waals surface area contributed by atoms with Crippen LogP contribution in [-0.4, -0.2) is 38.4 Å². The first-order valence-corrected chi connectivity index (χ1v) is 12.5. The fourth-order valence-electron chi connectivity index (χ4n) is 4.09. The average molecular weight is 544 g/mol. The van der Waals surface area contributed by atoms with Crippen molar-refractivity contribution in [3.8, 4) is 23.0 Å². The van der Waals surface area contributed by atoms with Gasteiger partial charge in [0.05, 0.1) is 43.0 Å². The number of halogens is 2. The van der Waals surface area contributed by atoms with Crippen LogP contribution in [0.2, 0.25) is 10.0 Å². The Labute approximate surface area is 225 Å². The van der Waals surface area contributed by atoms with Crippen molar-refractivity contribution >= 4 is 41.0 Å². The molecule has 0 saturated heterocycles. The van der Waals surface area contributed by atoms with Crippen molar-refractivity contribution < 1.29 is 28.5 Å². The van der Waals surface area contributed by atoms with Crippen LogP contribution in [0.3, 0.4) is 0 Å². The van der Waals surface area contributed by atoms with Crippen molar-refractivity contribution in [2.24, 2.45) is 0 Å². The van der Waals surface area contributed by atoms with E-state index in [0.717, 1.165) is 25.7 Å². The molecule has 1 aromatic heterocycles. The van der Waals surface area contributed by atoms with Crippen LogP contribution in [0, 0.1) is 0 Å². The Morgan fingerprint density at radius 1 is 0.838 bits per heavy atom. The van der Waals surface area contributed by atoms with Gasteiger partial charge in [0.2, 0.25) is 0 Å². The summed E-state index contributed by atoms with van der Waals surface area (Å²) in [5.41, 5.74) is 1.31. The standard InChI is InChI=1S/C28H27Cl2NO6/c1-33-23-11-9-18(13-26(23)35-3)28(32)37-25(14-20-21(29)15-31-16-22(20)30)17-8-10-24(34-2)27(12-17)36-19-6-4-5-7-19/h8-16,19H,4-7H2,1-3H3. The van der Waals surface area contributed by atoms with Crippen molar-refractivity contribution in [2.75, 3.05) is 21.3 Å². The Hall–Kier alpha value is -3.42. The van der Waals surface area contributed by atoms with Gasteiger partial charge in [0.25, 0.3) is 0 Å². The number of ether oxygens (including phenoxy) is 5. The van der Waals surface area contributed by atoms with Crippen molar-refractivity contribution in [2.45, 2.75) is 31.8 Å². The summed E-state index contributed by atoms with van der Waals surface area (Å²) in [6, 6.07) is 10.1. The number of rotatable bonds is 9. The first-order valence-electron chi connectivity index (χ1n) is 11.7. The van der Waals surface area contributed by atoms with E-state index in [1.807, 2.05) is 0 Å². The molecule has 7 nitrogen and oxygen atoms in total. The number of pyridine rings is 1. The lowest BCUT2D eigenvalue weighted by Crippen LogP contribution is -2.12. The van der Waals surface area contributed by atoms with Crippen LogP contribution in [-0.2, 0) is 4.74 Å². The van der Waals surface area contributed by atoms with Crippen LogP contribution in [0.15, 0.2) is 48.8 Å². The van der Waals surface area contributed by atoms with Gasteiger partial charge in [-0.05, 0) is 68.2 Å². The lowest BCUT2D eigenvalue weighted by Gasteiger charge is -2.18. The average Bonchev–Trinajstić information content (AvgIpc) is 3.42. The normalized spacial score (nSPS) is 13.8. The van der Waals surface area contributed by atoms with E-state index in [9.17, 15) is 4.79 Å². The predicted molar refractivity (Wildman–Crippen MR) is 143 cm³/mol. The maximum atomic E-state index is 13.2. The molecule has 37 heavy (non-hydrogen) atoms. The SMILES string of the molecule is COc1ccc(C(=O)OC(=Cc2c(Cl)cncc2Cl)c2ccc(OC)c(OC3CCCC3)c2)cc1OC. The molecule has 0 atom stereocenters. The molecule has 194 valence electrons. The molecule has 4 rings (SSSR count). The summed E-state index contributed by atoms with van der Waals surface area (Å²) < 4.78 is 28.3. The molecule has 1 aliphatic carbocycles. The summed E-state index contributed by atoms with van der Waals surface area (Å²) in [5, 5.41) is 0.617. The quantitative estimate of drug-likeness (QED) is 0.210. The predicted octanol–water partition coefficient (Wildman–Crippen LogP) is 7.09. The number of esters is 1. The van der Waals surface area contributed by atoms with Gasteiger partial charge < -0.3 is 23.7 Å². The summed E-state index contributed by atoms with van der Waals surface area (Å²) in [7, 11) is 4.60. The van der Waals surface area contributed by atoms with Gasteiger partial charge in [0.1, 0.15) is 5.76 Å². The number of hydrogen-bond donors (Lipinski definition) is 0. The van der Waals surface area contributed by atoms with Crippen LogP contribution in [0.1, 0.15) is 47.2 Å². The third-order valence-corrected chi connectivity index (χ3v) is 6.63. The van der Waals surface area contributed by atoms with Crippen LogP contribution >= 0.6 is 23.2 Å². The minimum Gasteiger partial charge on any atom is -0.493 e. The number of carbonyl (C=O) groups is 1. The van der Waals surface area contributed by atoms with E-state index < -0.39 is 5.97 Å². The monoisotopic (exact) mass is 543 g/mol. The molecule has 0 radical (unpaired) electrons. The van der Waals surface area contributed by atoms with Crippen LogP contribution in [0.4, 0.5) is 0 Å². The topological polar surface area (TPSA) is 76.1 Å². The Morgan fingerprint density at radius 2 is 1.41 bits per heavy atom. The minimum absolute atomic E-state index is 0.106. The fraction of sp³-hybridized carbons (Fsp3) is 0.286. The van der Waals surface area contributed by atoms with Gasteiger partial charge in [-0.25, -0.2) is 4.79 Å². The molecule has 1 aliphatic rings. The van der Waals surface area contributed by atoms with Gasteiger partial charge in [-0.1, -0.05) is 23.2 Å². The van der Waals surface area contributed by atoms with Gasteiger partial charge in [0.15, 0.2) is 23.0 Å². The zero-order valence-corrected chi connectivity index (χ0v) is 22.3. The Bertz CT molecular complexity index is 1280. The highest BCUT2D eigenvalue weighted by Crippen LogP contribution is 2.37. The zero-order valence-electron chi connectivity index (χ0n) is 20.8. The number of aromatic nitrogens is 1. The lowest BCUT2D eigenvalue weighted by atomic mass is 10.1. The van der Waals surface area contributed by atoms with Gasteiger partial charge in [-0.15, -0.1) is 0 Å². The molecule has 0 bridgehead atoms. The molecule has 1 heterocycles. The maximum Gasteiger partial charge on any atom is 0.343 e. The van der Waals surface area contributed by atoms with E-state index in [4.69, 9.17) is 46.9 Å². The van der Waals surface area contributed by atoms with E-state index in [0.29, 0.717) is 44.2 Å². The summed E-state index contributed by atoms with van der Waals surface area (Å²) in [5.74, 6) is 1.65. The number of nitrogens with zero attached hydrogens (tertiary/aromatic N) is 1. The molecular weight excluding hydrogens is 517 g/mol. The van der Waals surface area contributed by atoms with Crippen molar-refractivity contribution in [3.63, 3.8) is 0 Å². The molecule has 0 spiro atoms. The van der Waals surface area contributed by atoms with E-state index in [2.05, 4.69) is 4.98 Å². The molecule has 0 unspecified atom stereocenters. The van der Waals surface area contributed by atoms with Gasteiger partial charge in [-0.3, -0.25) is 4.98 Å².